The van der Waals surface area contributed by atoms with Crippen molar-refractivity contribution in [1.82, 2.24) is 10.6 Å². The third-order valence-corrected chi connectivity index (χ3v) is 4.45. The molecule has 3 rings (SSSR count). The summed E-state index contributed by atoms with van der Waals surface area (Å²) in [6.07, 6.45) is 1.54. The number of rotatable bonds is 5. The molecule has 1 atom stereocenters. The molecule has 5 nitrogen and oxygen atoms in total. The second-order valence-corrected chi connectivity index (χ2v) is 6.34. The lowest BCUT2D eigenvalue weighted by Gasteiger charge is -2.30. The van der Waals surface area contributed by atoms with E-state index in [-0.39, 0.29) is 12.6 Å². The molecule has 2 aromatic rings. The Morgan fingerprint density at radius 1 is 1.27 bits per heavy atom. The van der Waals surface area contributed by atoms with Crippen molar-refractivity contribution >= 4 is 34.1 Å². The molecule has 0 saturated carbocycles. The van der Waals surface area contributed by atoms with Gasteiger partial charge in [0.05, 0.1) is 18.7 Å². The Bertz CT molecular complexity index is 920. The van der Waals surface area contributed by atoms with E-state index in [1.807, 2.05) is 43.3 Å². The molecule has 1 heterocycles. The van der Waals surface area contributed by atoms with Crippen LogP contribution in [0.1, 0.15) is 18.5 Å². The normalized spacial score (nSPS) is 16.7. The number of thiocarbonyl (C=S) groups is 1. The Hall–Kier alpha value is -2.86. The van der Waals surface area contributed by atoms with Gasteiger partial charge < -0.3 is 20.1 Å². The largest absolute Gasteiger partial charge is 0.497 e. The highest BCUT2D eigenvalue weighted by Gasteiger charge is 2.30. The minimum Gasteiger partial charge on any atom is -0.497 e. The van der Waals surface area contributed by atoms with E-state index >= 15 is 0 Å². The molecule has 0 saturated heterocycles. The predicted molar refractivity (Wildman–Crippen MR) is 106 cm³/mol. The maximum Gasteiger partial charge on any atom is 0.338 e. The summed E-state index contributed by atoms with van der Waals surface area (Å²) in [5.41, 5.74) is 2.12. The van der Waals surface area contributed by atoms with E-state index in [1.54, 1.807) is 13.2 Å². The van der Waals surface area contributed by atoms with E-state index in [0.717, 1.165) is 22.1 Å². The molecule has 0 spiro atoms. The maximum absolute atomic E-state index is 12.5. The Labute approximate surface area is 157 Å². The summed E-state index contributed by atoms with van der Waals surface area (Å²) in [4.78, 5) is 12.5. The highest BCUT2D eigenvalue weighted by Crippen LogP contribution is 2.30. The van der Waals surface area contributed by atoms with Gasteiger partial charge in [-0.1, -0.05) is 30.9 Å². The maximum atomic E-state index is 12.5. The van der Waals surface area contributed by atoms with Gasteiger partial charge in [0.2, 0.25) is 0 Å². The van der Waals surface area contributed by atoms with E-state index in [0.29, 0.717) is 16.4 Å². The first-order valence-corrected chi connectivity index (χ1v) is 8.58. The van der Waals surface area contributed by atoms with Gasteiger partial charge in [0.15, 0.2) is 5.11 Å². The quantitative estimate of drug-likeness (QED) is 0.479. The fraction of sp³-hybridized carbons (Fsp3) is 0.200. The average Bonchev–Trinajstić information content (AvgIpc) is 2.64. The third-order valence-electron chi connectivity index (χ3n) is 4.23. The molecule has 0 aliphatic carbocycles. The Kier molecular flexibility index (Phi) is 5.23. The molecule has 2 aromatic carbocycles. The van der Waals surface area contributed by atoms with Crippen molar-refractivity contribution in [2.45, 2.75) is 13.0 Å². The summed E-state index contributed by atoms with van der Waals surface area (Å²) >= 11 is 5.27. The number of hydrogen-bond donors (Lipinski definition) is 2. The highest BCUT2D eigenvalue weighted by molar-refractivity contribution is 7.80. The van der Waals surface area contributed by atoms with Crippen molar-refractivity contribution < 1.29 is 14.3 Å². The van der Waals surface area contributed by atoms with Crippen LogP contribution in [0, 0.1) is 0 Å². The SMILES string of the molecule is C=CCOC(=O)C1=C(C)NC(=S)N[C@H]1c1ccc2cc(OC)ccc2c1. The van der Waals surface area contributed by atoms with Crippen LogP contribution in [-0.4, -0.2) is 24.8 Å². The summed E-state index contributed by atoms with van der Waals surface area (Å²) in [6.45, 7) is 5.55. The molecule has 1 aliphatic heterocycles. The van der Waals surface area contributed by atoms with Crippen LogP contribution in [-0.2, 0) is 9.53 Å². The molecular formula is C20H20N2O3S. The van der Waals surface area contributed by atoms with E-state index in [9.17, 15) is 4.79 Å². The third kappa shape index (κ3) is 3.55. The van der Waals surface area contributed by atoms with Crippen LogP contribution in [0.5, 0.6) is 5.75 Å². The van der Waals surface area contributed by atoms with Crippen LogP contribution in [0.25, 0.3) is 10.8 Å². The van der Waals surface area contributed by atoms with Gasteiger partial charge >= 0.3 is 5.97 Å². The fourth-order valence-corrected chi connectivity index (χ4v) is 3.25. The van der Waals surface area contributed by atoms with E-state index in [4.69, 9.17) is 21.7 Å². The molecule has 0 fully saturated rings. The van der Waals surface area contributed by atoms with E-state index in [1.165, 1.54) is 0 Å². The van der Waals surface area contributed by atoms with Crippen LogP contribution in [0.3, 0.4) is 0 Å². The molecule has 6 heteroatoms. The molecule has 26 heavy (non-hydrogen) atoms. The van der Waals surface area contributed by atoms with Crippen LogP contribution >= 0.6 is 12.2 Å². The number of benzene rings is 2. The van der Waals surface area contributed by atoms with Crippen molar-refractivity contribution in [3.05, 3.63) is 65.9 Å². The van der Waals surface area contributed by atoms with E-state index < -0.39 is 5.97 Å². The second-order valence-electron chi connectivity index (χ2n) is 5.93. The van der Waals surface area contributed by atoms with Gasteiger partial charge in [-0.05, 0) is 53.7 Å². The molecule has 0 aromatic heterocycles. The number of esters is 1. The predicted octanol–water partition coefficient (Wildman–Crippen LogP) is 3.37. The van der Waals surface area contributed by atoms with Gasteiger partial charge in [-0.3, -0.25) is 0 Å². The van der Waals surface area contributed by atoms with Crippen molar-refractivity contribution in [1.29, 1.82) is 0 Å². The fourth-order valence-electron chi connectivity index (χ4n) is 2.98. The monoisotopic (exact) mass is 368 g/mol. The number of allylic oxidation sites excluding steroid dienone is 1. The minimum absolute atomic E-state index is 0.157. The molecule has 0 unspecified atom stereocenters. The van der Waals surface area contributed by atoms with Crippen LogP contribution in [0.2, 0.25) is 0 Å². The molecule has 0 amide bonds. The summed E-state index contributed by atoms with van der Waals surface area (Å²) in [6, 6.07) is 11.5. The summed E-state index contributed by atoms with van der Waals surface area (Å²) in [5, 5.41) is 8.74. The molecule has 0 radical (unpaired) electrons. The Balaban J connectivity index is 2.02. The number of carbonyl (C=O) groups excluding carboxylic acids is 1. The number of hydrogen-bond acceptors (Lipinski definition) is 4. The molecule has 1 aliphatic rings. The number of methoxy groups -OCH3 is 1. The number of nitrogens with one attached hydrogen (secondary N) is 2. The molecule has 2 N–H and O–H groups in total. The Morgan fingerprint density at radius 3 is 2.73 bits per heavy atom. The van der Waals surface area contributed by atoms with Gasteiger partial charge in [0.1, 0.15) is 12.4 Å². The van der Waals surface area contributed by atoms with Crippen LogP contribution in [0.15, 0.2) is 60.3 Å². The lowest BCUT2D eigenvalue weighted by molar-refractivity contribution is -0.138. The number of carbonyl (C=O) groups is 1. The standard InChI is InChI=1S/C20H20N2O3S/c1-4-9-25-19(23)17-12(2)21-20(26)22-18(17)15-6-5-14-11-16(24-3)8-7-13(14)10-15/h4-8,10-11,18H,1,9H2,2-3H3,(H2,21,22,26)/t18-/m0/s1. The van der Waals surface area contributed by atoms with E-state index in [2.05, 4.69) is 17.2 Å². The lowest BCUT2D eigenvalue weighted by atomic mass is 9.94. The zero-order valence-electron chi connectivity index (χ0n) is 14.7. The zero-order valence-corrected chi connectivity index (χ0v) is 15.5. The van der Waals surface area contributed by atoms with Gasteiger partial charge in [-0.25, -0.2) is 4.79 Å². The average molecular weight is 368 g/mol. The van der Waals surface area contributed by atoms with Gasteiger partial charge in [0.25, 0.3) is 0 Å². The summed E-state index contributed by atoms with van der Waals surface area (Å²) in [5.74, 6) is 0.403. The van der Waals surface area contributed by atoms with Gasteiger partial charge in [-0.15, -0.1) is 0 Å². The number of fused-ring (bicyclic) bond motifs is 1. The molecular weight excluding hydrogens is 348 g/mol. The smallest absolute Gasteiger partial charge is 0.338 e. The Morgan fingerprint density at radius 2 is 2.00 bits per heavy atom. The minimum atomic E-state index is -0.398. The summed E-state index contributed by atoms with van der Waals surface area (Å²) < 4.78 is 10.5. The first-order valence-electron chi connectivity index (χ1n) is 8.17. The van der Waals surface area contributed by atoms with Crippen molar-refractivity contribution in [3.63, 3.8) is 0 Å². The van der Waals surface area contributed by atoms with Crippen molar-refractivity contribution in [2.24, 2.45) is 0 Å². The second kappa shape index (κ2) is 7.58. The van der Waals surface area contributed by atoms with Gasteiger partial charge in [0, 0.05) is 5.70 Å². The topological polar surface area (TPSA) is 59.6 Å². The first-order chi connectivity index (χ1) is 12.5. The van der Waals surface area contributed by atoms with Gasteiger partial charge in [-0.2, -0.15) is 0 Å². The summed E-state index contributed by atoms with van der Waals surface area (Å²) in [7, 11) is 1.64. The van der Waals surface area contributed by atoms with Crippen LogP contribution in [0.4, 0.5) is 0 Å². The molecule has 134 valence electrons. The zero-order chi connectivity index (χ0) is 18.7. The lowest BCUT2D eigenvalue weighted by Crippen LogP contribution is -2.45. The molecule has 0 bridgehead atoms. The number of ether oxygens (including phenoxy) is 2. The first kappa shape index (κ1) is 17.9. The highest BCUT2D eigenvalue weighted by atomic mass is 32.1. The van der Waals surface area contributed by atoms with Crippen molar-refractivity contribution in [3.8, 4) is 5.75 Å². The van der Waals surface area contributed by atoms with Crippen molar-refractivity contribution in [2.75, 3.05) is 13.7 Å². The van der Waals surface area contributed by atoms with Crippen LogP contribution < -0.4 is 15.4 Å².